The van der Waals surface area contributed by atoms with E-state index in [0.29, 0.717) is 0 Å². The lowest BCUT2D eigenvalue weighted by atomic mass is 9.92. The summed E-state index contributed by atoms with van der Waals surface area (Å²) in [6, 6.07) is 0. The molecular formula is C15H30N2O2. The molecule has 1 aliphatic rings. The average Bonchev–Trinajstić information content (AvgIpc) is 2.32. The van der Waals surface area contributed by atoms with Crippen LogP contribution in [0.3, 0.4) is 0 Å². The second-order valence-corrected chi connectivity index (χ2v) is 6.47. The van der Waals surface area contributed by atoms with E-state index in [9.17, 15) is 4.79 Å². The Morgan fingerprint density at radius 2 is 1.89 bits per heavy atom. The lowest BCUT2D eigenvalue weighted by molar-refractivity contribution is 0.0527. The van der Waals surface area contributed by atoms with Crippen LogP contribution in [0.1, 0.15) is 59.3 Å². The zero-order valence-corrected chi connectivity index (χ0v) is 12.8. The largest absolute Gasteiger partial charge is 0.444 e. The molecule has 1 saturated heterocycles. The minimum atomic E-state index is -0.404. The number of rotatable bonds is 6. The van der Waals surface area contributed by atoms with Gasteiger partial charge in [-0.25, -0.2) is 4.79 Å². The number of nitrogens with one attached hydrogen (secondary N) is 2. The van der Waals surface area contributed by atoms with Gasteiger partial charge in [0.15, 0.2) is 0 Å². The number of hydrogen-bond acceptors (Lipinski definition) is 3. The van der Waals surface area contributed by atoms with Crippen molar-refractivity contribution >= 4 is 6.09 Å². The molecule has 1 amide bonds. The second kappa shape index (κ2) is 8.41. The quantitative estimate of drug-likeness (QED) is 0.729. The molecule has 19 heavy (non-hydrogen) atoms. The van der Waals surface area contributed by atoms with Crippen LogP contribution < -0.4 is 10.6 Å². The third-order valence-electron chi connectivity index (χ3n) is 3.42. The van der Waals surface area contributed by atoms with Crippen LogP contribution in [-0.2, 0) is 4.74 Å². The molecule has 0 atom stereocenters. The highest BCUT2D eigenvalue weighted by molar-refractivity contribution is 5.67. The van der Waals surface area contributed by atoms with Gasteiger partial charge in [-0.3, -0.25) is 0 Å². The molecule has 0 saturated carbocycles. The number of alkyl carbamates (subject to hydrolysis) is 1. The first kappa shape index (κ1) is 16.3. The third kappa shape index (κ3) is 8.87. The summed E-state index contributed by atoms with van der Waals surface area (Å²) in [6.07, 6.45) is 7.22. The number of amides is 1. The van der Waals surface area contributed by atoms with Crippen LogP contribution in [0.5, 0.6) is 0 Å². The molecule has 4 nitrogen and oxygen atoms in total. The van der Waals surface area contributed by atoms with Gasteiger partial charge in [-0.05, 0) is 59.0 Å². The summed E-state index contributed by atoms with van der Waals surface area (Å²) in [5, 5.41) is 6.20. The fourth-order valence-corrected chi connectivity index (χ4v) is 2.41. The third-order valence-corrected chi connectivity index (χ3v) is 3.42. The molecule has 0 aromatic carbocycles. The highest BCUT2D eigenvalue weighted by Gasteiger charge is 2.15. The monoisotopic (exact) mass is 270 g/mol. The number of unbranched alkanes of at least 4 members (excludes halogenated alkanes) is 2. The molecule has 0 unspecified atom stereocenters. The van der Waals surface area contributed by atoms with E-state index in [0.717, 1.165) is 18.9 Å². The predicted molar refractivity (Wildman–Crippen MR) is 78.3 cm³/mol. The highest BCUT2D eigenvalue weighted by Crippen LogP contribution is 2.18. The second-order valence-electron chi connectivity index (χ2n) is 6.47. The number of carbonyl (C=O) groups excluding carboxylic acids is 1. The number of carbonyl (C=O) groups is 1. The highest BCUT2D eigenvalue weighted by atomic mass is 16.6. The summed E-state index contributed by atoms with van der Waals surface area (Å²) in [7, 11) is 0. The van der Waals surface area contributed by atoms with Gasteiger partial charge in [0.1, 0.15) is 5.60 Å². The van der Waals surface area contributed by atoms with E-state index in [2.05, 4.69) is 10.6 Å². The van der Waals surface area contributed by atoms with Crippen molar-refractivity contribution in [1.29, 1.82) is 0 Å². The Morgan fingerprint density at radius 3 is 2.53 bits per heavy atom. The van der Waals surface area contributed by atoms with E-state index in [4.69, 9.17) is 4.74 Å². The van der Waals surface area contributed by atoms with Gasteiger partial charge in [0.25, 0.3) is 0 Å². The molecule has 2 N–H and O–H groups in total. The van der Waals surface area contributed by atoms with Crippen LogP contribution in [0.15, 0.2) is 0 Å². The Labute approximate surface area is 117 Å². The van der Waals surface area contributed by atoms with Gasteiger partial charge in [0.05, 0.1) is 0 Å². The van der Waals surface area contributed by atoms with Crippen LogP contribution in [-0.4, -0.2) is 31.3 Å². The van der Waals surface area contributed by atoms with Crippen LogP contribution in [0.2, 0.25) is 0 Å². The van der Waals surface area contributed by atoms with Gasteiger partial charge in [0, 0.05) is 6.54 Å². The van der Waals surface area contributed by atoms with Crippen molar-refractivity contribution in [2.24, 2.45) is 5.92 Å². The van der Waals surface area contributed by atoms with E-state index >= 15 is 0 Å². The molecular weight excluding hydrogens is 240 g/mol. The van der Waals surface area contributed by atoms with Crippen molar-refractivity contribution in [3.05, 3.63) is 0 Å². The van der Waals surface area contributed by atoms with E-state index in [1.807, 2.05) is 20.8 Å². The van der Waals surface area contributed by atoms with Gasteiger partial charge < -0.3 is 15.4 Å². The molecule has 0 aromatic heterocycles. The van der Waals surface area contributed by atoms with E-state index in [1.165, 1.54) is 45.2 Å². The zero-order valence-electron chi connectivity index (χ0n) is 12.8. The molecule has 1 aliphatic heterocycles. The van der Waals surface area contributed by atoms with Crippen molar-refractivity contribution < 1.29 is 9.53 Å². The van der Waals surface area contributed by atoms with Gasteiger partial charge in [-0.15, -0.1) is 0 Å². The Balaban J connectivity index is 1.92. The molecule has 1 fully saturated rings. The molecule has 112 valence electrons. The molecule has 4 heteroatoms. The lowest BCUT2D eigenvalue weighted by Crippen LogP contribution is -2.33. The summed E-state index contributed by atoms with van der Waals surface area (Å²) < 4.78 is 5.18. The van der Waals surface area contributed by atoms with Gasteiger partial charge in [-0.1, -0.05) is 19.3 Å². The normalized spacial score (nSPS) is 17.2. The van der Waals surface area contributed by atoms with Gasteiger partial charge in [-0.2, -0.15) is 0 Å². The smallest absolute Gasteiger partial charge is 0.407 e. The molecule has 1 rings (SSSR count). The maximum Gasteiger partial charge on any atom is 0.407 e. The Morgan fingerprint density at radius 1 is 1.21 bits per heavy atom. The number of hydrogen-bond donors (Lipinski definition) is 2. The van der Waals surface area contributed by atoms with Gasteiger partial charge >= 0.3 is 6.09 Å². The Kier molecular flexibility index (Phi) is 7.21. The Hall–Kier alpha value is -0.770. The number of piperidine rings is 1. The standard InChI is InChI=1S/C15H30N2O2/c1-15(2,3)19-14(18)17-10-6-4-5-7-13-8-11-16-12-9-13/h13,16H,4-12H2,1-3H3,(H,17,18). The minimum Gasteiger partial charge on any atom is -0.444 e. The average molecular weight is 270 g/mol. The minimum absolute atomic E-state index is 0.300. The molecule has 1 heterocycles. The summed E-state index contributed by atoms with van der Waals surface area (Å²) in [5.41, 5.74) is -0.404. The fourth-order valence-electron chi connectivity index (χ4n) is 2.41. The Bertz CT molecular complexity index is 255. The maximum atomic E-state index is 11.4. The van der Waals surface area contributed by atoms with Crippen molar-refractivity contribution in [3.8, 4) is 0 Å². The van der Waals surface area contributed by atoms with Gasteiger partial charge in [0.2, 0.25) is 0 Å². The SMILES string of the molecule is CC(C)(C)OC(=O)NCCCCCC1CCNCC1. The van der Waals surface area contributed by atoms with Crippen molar-refractivity contribution in [2.75, 3.05) is 19.6 Å². The maximum absolute atomic E-state index is 11.4. The van der Waals surface area contributed by atoms with Crippen LogP contribution in [0.25, 0.3) is 0 Å². The first-order valence-corrected chi connectivity index (χ1v) is 7.65. The first-order valence-electron chi connectivity index (χ1n) is 7.65. The summed E-state index contributed by atoms with van der Waals surface area (Å²) in [5.74, 6) is 0.917. The lowest BCUT2D eigenvalue weighted by Gasteiger charge is -2.22. The molecule has 0 aliphatic carbocycles. The fraction of sp³-hybridized carbons (Fsp3) is 0.933. The predicted octanol–water partition coefficient (Wildman–Crippen LogP) is 3.07. The van der Waals surface area contributed by atoms with E-state index < -0.39 is 5.60 Å². The summed E-state index contributed by atoms with van der Waals surface area (Å²) >= 11 is 0. The summed E-state index contributed by atoms with van der Waals surface area (Å²) in [4.78, 5) is 11.4. The molecule has 0 radical (unpaired) electrons. The van der Waals surface area contributed by atoms with Crippen molar-refractivity contribution in [2.45, 2.75) is 64.9 Å². The van der Waals surface area contributed by atoms with Crippen LogP contribution >= 0.6 is 0 Å². The van der Waals surface area contributed by atoms with E-state index in [1.54, 1.807) is 0 Å². The van der Waals surface area contributed by atoms with E-state index in [-0.39, 0.29) is 6.09 Å². The van der Waals surface area contributed by atoms with Crippen molar-refractivity contribution in [3.63, 3.8) is 0 Å². The molecule has 0 bridgehead atoms. The first-order chi connectivity index (χ1) is 8.97. The van der Waals surface area contributed by atoms with Crippen molar-refractivity contribution in [1.82, 2.24) is 10.6 Å². The topological polar surface area (TPSA) is 50.4 Å². The van der Waals surface area contributed by atoms with Crippen LogP contribution in [0.4, 0.5) is 4.79 Å². The molecule has 0 aromatic rings. The summed E-state index contributed by atoms with van der Waals surface area (Å²) in [6.45, 7) is 8.74. The number of ether oxygens (including phenoxy) is 1. The zero-order chi connectivity index (χ0) is 14.1. The molecule has 0 spiro atoms. The van der Waals surface area contributed by atoms with Crippen LogP contribution in [0, 0.1) is 5.92 Å².